The van der Waals surface area contributed by atoms with Gasteiger partial charge in [0.25, 0.3) is 0 Å². The summed E-state index contributed by atoms with van der Waals surface area (Å²) in [5.41, 5.74) is 0.665. The second-order valence-corrected chi connectivity index (χ2v) is 6.97. The lowest BCUT2D eigenvalue weighted by Crippen LogP contribution is -2.56. The molecule has 1 amide bonds. The molecule has 2 rings (SSSR count). The van der Waals surface area contributed by atoms with Crippen LogP contribution in [0.4, 0.5) is 5.69 Å². The number of hydrogen-bond donors (Lipinski definition) is 1. The third-order valence-corrected chi connectivity index (χ3v) is 4.60. The van der Waals surface area contributed by atoms with Crippen molar-refractivity contribution in [1.82, 2.24) is 5.32 Å². The van der Waals surface area contributed by atoms with E-state index in [2.05, 4.69) is 33.1 Å². The summed E-state index contributed by atoms with van der Waals surface area (Å²) >= 11 is 5.17. The molecule has 0 fully saturated rings. The average Bonchev–Trinajstić information content (AvgIpc) is 2.55. The zero-order chi connectivity index (χ0) is 12.6. The smallest absolute Gasteiger partial charge is 0.208 e. The van der Waals surface area contributed by atoms with Crippen molar-refractivity contribution in [2.45, 2.75) is 26.4 Å². The molecule has 1 aliphatic heterocycles. The fourth-order valence-corrected chi connectivity index (χ4v) is 3.90. The Hall–Kier alpha value is -0.750. The number of carbonyl (C=O) groups is 1. The molecule has 94 valence electrons. The topological polar surface area (TPSA) is 41.6 Å². The van der Waals surface area contributed by atoms with E-state index in [9.17, 15) is 4.79 Å². The second kappa shape index (κ2) is 4.49. The van der Waals surface area contributed by atoms with Gasteiger partial charge in [-0.15, -0.1) is 11.3 Å². The standard InChI is InChI=1S/C11H15BrN2O2S/c1-7-8-9(10(12)17-7)16-5-4-14(8)11(2,3)13-6-15/h6H,4-5H2,1-3H3,(H,13,15). The van der Waals surface area contributed by atoms with Gasteiger partial charge in [-0.05, 0) is 36.7 Å². The Morgan fingerprint density at radius 2 is 2.29 bits per heavy atom. The molecule has 1 aromatic heterocycles. The van der Waals surface area contributed by atoms with Crippen LogP contribution in [0.5, 0.6) is 5.75 Å². The monoisotopic (exact) mass is 318 g/mol. The maximum Gasteiger partial charge on any atom is 0.208 e. The van der Waals surface area contributed by atoms with Crippen LogP contribution in [0, 0.1) is 6.92 Å². The van der Waals surface area contributed by atoms with Crippen molar-refractivity contribution in [3.63, 3.8) is 0 Å². The van der Waals surface area contributed by atoms with E-state index in [1.165, 1.54) is 4.88 Å². The van der Waals surface area contributed by atoms with Gasteiger partial charge in [-0.1, -0.05) is 0 Å². The Morgan fingerprint density at radius 3 is 2.94 bits per heavy atom. The van der Waals surface area contributed by atoms with E-state index in [4.69, 9.17) is 4.74 Å². The Labute approximate surface area is 113 Å². The zero-order valence-electron chi connectivity index (χ0n) is 10.0. The van der Waals surface area contributed by atoms with E-state index in [1.807, 2.05) is 13.8 Å². The quantitative estimate of drug-likeness (QED) is 0.871. The summed E-state index contributed by atoms with van der Waals surface area (Å²) < 4.78 is 6.70. The Morgan fingerprint density at radius 1 is 1.59 bits per heavy atom. The molecule has 0 saturated heterocycles. The van der Waals surface area contributed by atoms with Crippen molar-refractivity contribution >= 4 is 39.4 Å². The van der Waals surface area contributed by atoms with Crippen LogP contribution in [0.1, 0.15) is 18.7 Å². The molecule has 2 heterocycles. The minimum atomic E-state index is -0.411. The first-order chi connectivity index (χ1) is 7.97. The summed E-state index contributed by atoms with van der Waals surface area (Å²) in [6, 6.07) is 0. The van der Waals surface area contributed by atoms with Crippen molar-refractivity contribution in [2.75, 3.05) is 18.1 Å². The van der Waals surface area contributed by atoms with Gasteiger partial charge in [0.2, 0.25) is 6.41 Å². The number of hydrogen-bond acceptors (Lipinski definition) is 4. The maximum atomic E-state index is 10.7. The van der Waals surface area contributed by atoms with Crippen molar-refractivity contribution in [1.29, 1.82) is 0 Å². The number of nitrogens with zero attached hydrogens (tertiary/aromatic N) is 1. The highest BCUT2D eigenvalue weighted by molar-refractivity contribution is 9.11. The van der Waals surface area contributed by atoms with Gasteiger partial charge in [-0.3, -0.25) is 4.79 Å². The lowest BCUT2D eigenvalue weighted by atomic mass is 10.1. The minimum absolute atomic E-state index is 0.411. The van der Waals surface area contributed by atoms with Crippen LogP contribution in [-0.4, -0.2) is 25.2 Å². The molecule has 1 aliphatic rings. The number of carbonyl (C=O) groups excluding carboxylic acids is 1. The van der Waals surface area contributed by atoms with E-state index < -0.39 is 5.66 Å². The highest BCUT2D eigenvalue weighted by Crippen LogP contribution is 2.48. The first-order valence-corrected chi connectivity index (χ1v) is 6.99. The van der Waals surface area contributed by atoms with Crippen LogP contribution < -0.4 is 15.0 Å². The lowest BCUT2D eigenvalue weighted by Gasteiger charge is -2.42. The van der Waals surface area contributed by atoms with Crippen LogP contribution in [-0.2, 0) is 4.79 Å². The number of aryl methyl sites for hydroxylation is 1. The van der Waals surface area contributed by atoms with Gasteiger partial charge in [0, 0.05) is 4.88 Å². The SMILES string of the molecule is Cc1sc(Br)c2c1N(C(C)(C)NC=O)CCO2. The molecule has 0 bridgehead atoms. The van der Waals surface area contributed by atoms with E-state index in [0.717, 1.165) is 28.2 Å². The van der Waals surface area contributed by atoms with Gasteiger partial charge in [-0.2, -0.15) is 0 Å². The first-order valence-electron chi connectivity index (χ1n) is 5.38. The third kappa shape index (κ3) is 2.15. The number of nitrogens with one attached hydrogen (secondary N) is 1. The molecule has 0 spiro atoms. The summed E-state index contributed by atoms with van der Waals surface area (Å²) in [6.45, 7) is 7.44. The number of halogens is 1. The summed E-state index contributed by atoms with van der Waals surface area (Å²) in [4.78, 5) is 14.1. The first kappa shape index (κ1) is 12.7. The molecule has 17 heavy (non-hydrogen) atoms. The molecule has 4 nitrogen and oxygen atoms in total. The number of ether oxygens (including phenoxy) is 1. The molecule has 0 aliphatic carbocycles. The third-order valence-electron chi connectivity index (χ3n) is 2.89. The molecule has 0 saturated carbocycles. The molecule has 0 unspecified atom stereocenters. The van der Waals surface area contributed by atoms with Gasteiger partial charge < -0.3 is 15.0 Å². The van der Waals surface area contributed by atoms with E-state index in [1.54, 1.807) is 11.3 Å². The van der Waals surface area contributed by atoms with Crippen LogP contribution in [0.2, 0.25) is 0 Å². The molecule has 0 radical (unpaired) electrons. The lowest BCUT2D eigenvalue weighted by molar-refractivity contribution is -0.110. The average molecular weight is 319 g/mol. The Balaban J connectivity index is 2.44. The normalized spacial score (nSPS) is 15.2. The Kier molecular flexibility index (Phi) is 3.36. The fourth-order valence-electron chi connectivity index (χ4n) is 2.05. The second-order valence-electron chi connectivity index (χ2n) is 4.43. The number of amides is 1. The van der Waals surface area contributed by atoms with E-state index >= 15 is 0 Å². The summed E-state index contributed by atoms with van der Waals surface area (Å²) in [5, 5.41) is 2.85. The van der Waals surface area contributed by atoms with E-state index in [-0.39, 0.29) is 0 Å². The predicted octanol–water partition coefficient (Wildman–Crippen LogP) is 2.50. The van der Waals surface area contributed by atoms with Gasteiger partial charge in [0.1, 0.15) is 16.1 Å². The predicted molar refractivity (Wildman–Crippen MR) is 72.9 cm³/mol. The molecule has 6 heteroatoms. The van der Waals surface area contributed by atoms with Crippen molar-refractivity contribution < 1.29 is 9.53 Å². The molecule has 1 N–H and O–H groups in total. The molecular weight excluding hydrogens is 304 g/mol. The number of rotatable bonds is 3. The maximum absolute atomic E-state index is 10.7. The highest BCUT2D eigenvalue weighted by Gasteiger charge is 2.34. The molecule has 0 aromatic carbocycles. The number of fused-ring (bicyclic) bond motifs is 1. The van der Waals surface area contributed by atoms with Crippen LogP contribution in [0.3, 0.4) is 0 Å². The minimum Gasteiger partial charge on any atom is -0.487 e. The highest BCUT2D eigenvalue weighted by atomic mass is 79.9. The summed E-state index contributed by atoms with van der Waals surface area (Å²) in [5.74, 6) is 0.888. The molecule has 0 atom stereocenters. The van der Waals surface area contributed by atoms with Crippen molar-refractivity contribution in [3.05, 3.63) is 8.66 Å². The summed E-state index contributed by atoms with van der Waals surface area (Å²) in [6.07, 6.45) is 0.742. The number of anilines is 1. The Bertz CT molecular complexity index is 445. The molecule has 1 aromatic rings. The van der Waals surface area contributed by atoms with Crippen LogP contribution in [0.15, 0.2) is 3.79 Å². The summed E-state index contributed by atoms with van der Waals surface area (Å²) in [7, 11) is 0. The van der Waals surface area contributed by atoms with Crippen LogP contribution >= 0.6 is 27.3 Å². The van der Waals surface area contributed by atoms with Gasteiger partial charge >= 0.3 is 0 Å². The van der Waals surface area contributed by atoms with Crippen molar-refractivity contribution in [2.24, 2.45) is 0 Å². The van der Waals surface area contributed by atoms with Gasteiger partial charge in [-0.25, -0.2) is 0 Å². The van der Waals surface area contributed by atoms with Crippen LogP contribution in [0.25, 0.3) is 0 Å². The zero-order valence-corrected chi connectivity index (χ0v) is 12.4. The van der Waals surface area contributed by atoms with Crippen molar-refractivity contribution in [3.8, 4) is 5.75 Å². The number of thiophene rings is 1. The van der Waals surface area contributed by atoms with Gasteiger partial charge in [0.15, 0.2) is 5.75 Å². The largest absolute Gasteiger partial charge is 0.487 e. The van der Waals surface area contributed by atoms with Gasteiger partial charge in [0.05, 0.1) is 12.2 Å². The molecular formula is C11H15BrN2O2S. The van der Waals surface area contributed by atoms with E-state index in [0.29, 0.717) is 6.61 Å². The fraction of sp³-hybridized carbons (Fsp3) is 0.545.